The quantitative estimate of drug-likeness (QED) is 0.709. The zero-order chi connectivity index (χ0) is 18.2. The number of hydrogen-bond acceptors (Lipinski definition) is 3. The molecular weight excluding hydrogens is 334 g/mol. The van der Waals surface area contributed by atoms with E-state index in [1.807, 2.05) is 0 Å². The van der Waals surface area contributed by atoms with Gasteiger partial charge in [0.1, 0.15) is 11.6 Å². The second-order valence-corrected chi connectivity index (χ2v) is 7.80. The first kappa shape index (κ1) is 16.6. The molecule has 27 heavy (non-hydrogen) atoms. The highest BCUT2D eigenvalue weighted by molar-refractivity contribution is 5.59. The van der Waals surface area contributed by atoms with Crippen molar-refractivity contribution < 1.29 is 4.74 Å². The van der Waals surface area contributed by atoms with Gasteiger partial charge < -0.3 is 9.30 Å². The Labute approximate surface area is 160 Å². The maximum Gasteiger partial charge on any atom is 0.118 e. The maximum atomic E-state index is 5.27. The van der Waals surface area contributed by atoms with Gasteiger partial charge in [-0.25, -0.2) is 4.98 Å². The predicted octanol–water partition coefficient (Wildman–Crippen LogP) is 3.86. The number of aromatic nitrogens is 2. The van der Waals surface area contributed by atoms with Crippen LogP contribution < -0.4 is 4.74 Å². The highest BCUT2D eigenvalue weighted by Crippen LogP contribution is 2.35. The molecule has 0 bridgehead atoms. The first-order valence-corrected chi connectivity index (χ1v) is 9.75. The van der Waals surface area contributed by atoms with Crippen LogP contribution in [0, 0.1) is 11.8 Å². The summed E-state index contributed by atoms with van der Waals surface area (Å²) in [6.07, 6.45) is 3.15. The normalized spacial score (nSPS) is 21.7. The third-order valence-corrected chi connectivity index (χ3v) is 6.09. The topological polar surface area (TPSA) is 30.3 Å². The van der Waals surface area contributed by atoms with Gasteiger partial charge in [-0.15, -0.1) is 0 Å². The number of imidazole rings is 1. The Bertz CT molecular complexity index is 917. The molecule has 1 fully saturated rings. The smallest absolute Gasteiger partial charge is 0.118 e. The van der Waals surface area contributed by atoms with Crippen LogP contribution in [-0.4, -0.2) is 34.7 Å². The van der Waals surface area contributed by atoms with Crippen molar-refractivity contribution in [1.29, 1.82) is 0 Å². The van der Waals surface area contributed by atoms with Gasteiger partial charge in [-0.3, -0.25) is 4.90 Å². The Morgan fingerprint density at radius 3 is 2.52 bits per heavy atom. The number of fused-ring (bicyclic) bond motifs is 2. The number of rotatable bonds is 4. The number of nitrogens with zero attached hydrogens (tertiary/aromatic N) is 3. The summed E-state index contributed by atoms with van der Waals surface area (Å²) in [6.45, 7) is 4.45. The molecule has 2 aromatic carbocycles. The Morgan fingerprint density at radius 2 is 1.74 bits per heavy atom. The van der Waals surface area contributed by atoms with Crippen molar-refractivity contribution >= 4 is 0 Å². The van der Waals surface area contributed by atoms with Gasteiger partial charge in [0, 0.05) is 32.6 Å². The molecule has 1 aromatic heterocycles. The van der Waals surface area contributed by atoms with Crippen LogP contribution in [0.5, 0.6) is 5.75 Å². The van der Waals surface area contributed by atoms with Crippen molar-refractivity contribution in [2.45, 2.75) is 19.5 Å². The summed E-state index contributed by atoms with van der Waals surface area (Å²) in [6, 6.07) is 19.1. The summed E-state index contributed by atoms with van der Waals surface area (Å²) >= 11 is 0. The van der Waals surface area contributed by atoms with Crippen molar-refractivity contribution in [2.24, 2.45) is 11.8 Å². The number of methoxy groups -OCH3 is 1. The Balaban J connectivity index is 1.30. The molecule has 0 aliphatic carbocycles. The van der Waals surface area contributed by atoms with Crippen LogP contribution in [0.15, 0.2) is 60.8 Å². The Kier molecular flexibility index (Phi) is 4.21. The third kappa shape index (κ3) is 3.15. The van der Waals surface area contributed by atoms with Crippen LogP contribution >= 0.6 is 0 Å². The summed E-state index contributed by atoms with van der Waals surface area (Å²) in [5.74, 6) is 3.61. The van der Waals surface area contributed by atoms with E-state index in [1.165, 1.54) is 35.7 Å². The molecule has 0 saturated carbocycles. The molecule has 5 rings (SSSR count). The maximum absolute atomic E-state index is 5.27. The Hall–Kier alpha value is -2.59. The second kappa shape index (κ2) is 6.86. The molecular formula is C23H25N3O. The molecule has 4 heteroatoms. The fourth-order valence-electron chi connectivity index (χ4n) is 4.68. The van der Waals surface area contributed by atoms with Gasteiger partial charge in [0.05, 0.1) is 19.0 Å². The number of likely N-dealkylation sites (tertiary alicyclic amines) is 1. The van der Waals surface area contributed by atoms with Crippen LogP contribution in [0.25, 0.3) is 11.3 Å². The van der Waals surface area contributed by atoms with Gasteiger partial charge >= 0.3 is 0 Å². The van der Waals surface area contributed by atoms with E-state index in [2.05, 4.69) is 70.3 Å². The van der Waals surface area contributed by atoms with E-state index in [9.17, 15) is 0 Å². The average molecular weight is 359 g/mol. The third-order valence-electron chi connectivity index (χ3n) is 6.09. The molecule has 0 amide bonds. The molecule has 4 nitrogen and oxygen atoms in total. The molecule has 2 aliphatic heterocycles. The summed E-state index contributed by atoms with van der Waals surface area (Å²) in [5, 5.41) is 0. The molecule has 138 valence electrons. The van der Waals surface area contributed by atoms with Gasteiger partial charge in [-0.05, 0) is 35.1 Å². The predicted molar refractivity (Wildman–Crippen MR) is 107 cm³/mol. The van der Waals surface area contributed by atoms with E-state index in [-0.39, 0.29) is 0 Å². The molecule has 0 spiro atoms. The van der Waals surface area contributed by atoms with Crippen molar-refractivity contribution in [1.82, 2.24) is 14.5 Å². The second-order valence-electron chi connectivity index (χ2n) is 7.80. The Morgan fingerprint density at radius 1 is 0.963 bits per heavy atom. The summed E-state index contributed by atoms with van der Waals surface area (Å²) < 4.78 is 7.72. The molecule has 0 unspecified atom stereocenters. The number of benzene rings is 2. The minimum Gasteiger partial charge on any atom is -0.497 e. The monoisotopic (exact) mass is 359 g/mol. The minimum absolute atomic E-state index is 0.715. The first-order valence-electron chi connectivity index (χ1n) is 9.75. The van der Waals surface area contributed by atoms with Crippen LogP contribution in [0.1, 0.15) is 11.4 Å². The van der Waals surface area contributed by atoms with E-state index in [1.54, 1.807) is 7.11 Å². The fourth-order valence-corrected chi connectivity index (χ4v) is 4.68. The standard InChI is InChI=1S/C23H25N3O/c1-27-21-9-7-17(8-10-21)13-25-14-19-11-23-24-12-22(18-5-3-2-4-6-18)26(23)16-20(19)15-25/h2-10,12,19-20H,11,13-16H2,1H3/t19-,20-/m1/s1. The van der Waals surface area contributed by atoms with Crippen LogP contribution in [0.2, 0.25) is 0 Å². The van der Waals surface area contributed by atoms with Gasteiger partial charge in [0.2, 0.25) is 0 Å². The lowest BCUT2D eigenvalue weighted by Crippen LogP contribution is -2.28. The molecule has 3 heterocycles. The molecule has 3 aromatic rings. The van der Waals surface area contributed by atoms with Crippen LogP contribution in [0.4, 0.5) is 0 Å². The highest BCUT2D eigenvalue weighted by atomic mass is 16.5. The lowest BCUT2D eigenvalue weighted by molar-refractivity contribution is 0.307. The molecule has 0 radical (unpaired) electrons. The zero-order valence-electron chi connectivity index (χ0n) is 15.7. The van der Waals surface area contributed by atoms with Gasteiger partial charge in [-0.2, -0.15) is 0 Å². The van der Waals surface area contributed by atoms with E-state index >= 15 is 0 Å². The number of ether oxygens (including phenoxy) is 1. The van der Waals surface area contributed by atoms with Crippen molar-refractivity contribution in [3.63, 3.8) is 0 Å². The minimum atomic E-state index is 0.715. The average Bonchev–Trinajstić information content (AvgIpc) is 3.30. The van der Waals surface area contributed by atoms with Crippen LogP contribution in [-0.2, 0) is 19.5 Å². The highest BCUT2D eigenvalue weighted by Gasteiger charge is 2.37. The lowest BCUT2D eigenvalue weighted by Gasteiger charge is -2.27. The first-order chi connectivity index (χ1) is 13.3. The SMILES string of the molecule is COc1ccc(CN2C[C@H]3Cc4ncc(-c5ccccc5)n4C[C@H]3C2)cc1. The number of hydrogen-bond donors (Lipinski definition) is 0. The fraction of sp³-hybridized carbons (Fsp3) is 0.348. The largest absolute Gasteiger partial charge is 0.497 e. The summed E-state index contributed by atoms with van der Waals surface area (Å²) in [7, 11) is 1.72. The summed E-state index contributed by atoms with van der Waals surface area (Å²) in [4.78, 5) is 7.36. The van der Waals surface area contributed by atoms with E-state index in [4.69, 9.17) is 9.72 Å². The van der Waals surface area contributed by atoms with Crippen molar-refractivity contribution in [2.75, 3.05) is 20.2 Å². The van der Waals surface area contributed by atoms with Gasteiger partial charge in [-0.1, -0.05) is 42.5 Å². The van der Waals surface area contributed by atoms with E-state index in [0.29, 0.717) is 5.92 Å². The van der Waals surface area contributed by atoms with Crippen molar-refractivity contribution in [3.05, 3.63) is 72.2 Å². The molecule has 0 N–H and O–H groups in total. The zero-order valence-corrected chi connectivity index (χ0v) is 15.7. The molecule has 2 aliphatic rings. The van der Waals surface area contributed by atoms with Crippen molar-refractivity contribution in [3.8, 4) is 17.0 Å². The molecule has 2 atom stereocenters. The van der Waals surface area contributed by atoms with E-state index < -0.39 is 0 Å². The summed E-state index contributed by atoms with van der Waals surface area (Å²) in [5.41, 5.74) is 3.89. The lowest BCUT2D eigenvalue weighted by atomic mass is 9.89. The van der Waals surface area contributed by atoms with Crippen LogP contribution in [0.3, 0.4) is 0 Å². The molecule has 1 saturated heterocycles. The van der Waals surface area contributed by atoms with Gasteiger partial charge in [0.25, 0.3) is 0 Å². The van der Waals surface area contributed by atoms with Gasteiger partial charge in [0.15, 0.2) is 0 Å². The van der Waals surface area contributed by atoms with E-state index in [0.717, 1.165) is 31.2 Å².